The standard InChI is InChI=1S/C29H33N3O2/c1-19-24-16-29(33)27-14-21-10-11-23(34-2)15-25(21)28(29,12-13-31(27)18-20-8-9-20)17-26(24)32(30-19)22-6-4-3-5-7-22/h3-7,10-11,15,20,27,33H,8-9,12-14,16-18H2,1-2H3/t27-,28-,29-/m1/s1. The summed E-state index contributed by atoms with van der Waals surface area (Å²) in [5, 5.41) is 17.8. The molecular weight excluding hydrogens is 422 g/mol. The van der Waals surface area contributed by atoms with E-state index in [4.69, 9.17) is 9.84 Å². The molecule has 1 N–H and O–H groups in total. The number of methoxy groups -OCH3 is 1. The molecule has 2 bridgehead atoms. The number of aromatic nitrogens is 2. The summed E-state index contributed by atoms with van der Waals surface area (Å²) in [6, 6.07) is 17.2. The number of aliphatic hydroxyl groups is 1. The number of para-hydroxylation sites is 1. The molecule has 1 aliphatic heterocycles. The van der Waals surface area contributed by atoms with E-state index in [9.17, 15) is 5.11 Å². The fourth-order valence-corrected chi connectivity index (χ4v) is 7.34. The van der Waals surface area contributed by atoms with Crippen LogP contribution in [0.4, 0.5) is 0 Å². The van der Waals surface area contributed by atoms with Gasteiger partial charge in [0.1, 0.15) is 5.75 Å². The minimum Gasteiger partial charge on any atom is -0.497 e. The molecule has 1 saturated carbocycles. The molecule has 1 aromatic heterocycles. The summed E-state index contributed by atoms with van der Waals surface area (Å²) in [6.07, 6.45) is 6.03. The van der Waals surface area contributed by atoms with E-state index in [1.165, 1.54) is 35.2 Å². The van der Waals surface area contributed by atoms with Gasteiger partial charge in [0, 0.05) is 36.5 Å². The van der Waals surface area contributed by atoms with Crippen LogP contribution in [0, 0.1) is 12.8 Å². The third-order valence-electron chi connectivity index (χ3n) is 9.29. The lowest BCUT2D eigenvalue weighted by molar-refractivity contribution is -0.152. The average molecular weight is 456 g/mol. The molecule has 7 rings (SSSR count). The largest absolute Gasteiger partial charge is 0.497 e. The lowest BCUT2D eigenvalue weighted by Gasteiger charge is -2.63. The van der Waals surface area contributed by atoms with Gasteiger partial charge in [-0.25, -0.2) is 4.68 Å². The van der Waals surface area contributed by atoms with Crippen LogP contribution in [0.1, 0.15) is 47.3 Å². The molecule has 5 nitrogen and oxygen atoms in total. The van der Waals surface area contributed by atoms with Crippen LogP contribution in [0.5, 0.6) is 5.75 Å². The molecule has 4 aliphatic rings. The van der Waals surface area contributed by atoms with Gasteiger partial charge >= 0.3 is 0 Å². The van der Waals surface area contributed by atoms with Crippen LogP contribution in [0.3, 0.4) is 0 Å². The average Bonchev–Trinajstić information content (AvgIpc) is 3.62. The summed E-state index contributed by atoms with van der Waals surface area (Å²) in [7, 11) is 1.74. The third kappa shape index (κ3) is 2.77. The van der Waals surface area contributed by atoms with Crippen molar-refractivity contribution in [2.24, 2.45) is 5.92 Å². The molecule has 2 heterocycles. The van der Waals surface area contributed by atoms with E-state index < -0.39 is 5.60 Å². The Morgan fingerprint density at radius 1 is 1.12 bits per heavy atom. The van der Waals surface area contributed by atoms with E-state index in [1.807, 2.05) is 6.07 Å². The summed E-state index contributed by atoms with van der Waals surface area (Å²) in [5.41, 5.74) is 6.18. The van der Waals surface area contributed by atoms with Gasteiger partial charge in [-0.3, -0.25) is 4.90 Å². The van der Waals surface area contributed by atoms with Crippen LogP contribution < -0.4 is 4.74 Å². The first-order chi connectivity index (χ1) is 16.5. The molecule has 0 unspecified atom stereocenters. The van der Waals surface area contributed by atoms with Crippen LogP contribution in [0.15, 0.2) is 48.5 Å². The number of rotatable bonds is 4. The second-order valence-electron chi connectivity index (χ2n) is 11.0. The van der Waals surface area contributed by atoms with Gasteiger partial charge in [-0.15, -0.1) is 0 Å². The third-order valence-corrected chi connectivity index (χ3v) is 9.29. The van der Waals surface area contributed by atoms with Crippen molar-refractivity contribution in [3.8, 4) is 11.4 Å². The smallest absolute Gasteiger partial charge is 0.119 e. The highest BCUT2D eigenvalue weighted by atomic mass is 16.5. The minimum absolute atomic E-state index is 0.148. The lowest BCUT2D eigenvalue weighted by Crippen LogP contribution is -2.74. The Morgan fingerprint density at radius 3 is 2.71 bits per heavy atom. The minimum atomic E-state index is -0.804. The molecule has 2 aromatic carbocycles. The molecule has 2 fully saturated rings. The molecule has 3 aromatic rings. The Bertz CT molecular complexity index is 1260. The molecule has 0 amide bonds. The number of nitrogens with zero attached hydrogens (tertiary/aromatic N) is 3. The van der Waals surface area contributed by atoms with Crippen molar-refractivity contribution in [3.05, 3.63) is 76.6 Å². The van der Waals surface area contributed by atoms with Crippen molar-refractivity contribution in [1.29, 1.82) is 0 Å². The maximum Gasteiger partial charge on any atom is 0.119 e. The highest BCUT2D eigenvalue weighted by Crippen LogP contribution is 2.58. The van der Waals surface area contributed by atoms with Gasteiger partial charge < -0.3 is 9.84 Å². The first-order valence-electron chi connectivity index (χ1n) is 12.8. The number of ether oxygens (including phenoxy) is 1. The van der Waals surface area contributed by atoms with E-state index in [1.54, 1.807) is 7.11 Å². The van der Waals surface area contributed by atoms with Gasteiger partial charge in [0.25, 0.3) is 0 Å². The molecule has 176 valence electrons. The van der Waals surface area contributed by atoms with E-state index >= 15 is 0 Å². The van der Waals surface area contributed by atoms with Crippen LogP contribution >= 0.6 is 0 Å². The summed E-state index contributed by atoms with van der Waals surface area (Å²) in [5.74, 6) is 1.70. The van der Waals surface area contributed by atoms with Gasteiger partial charge in [0.15, 0.2) is 0 Å². The van der Waals surface area contributed by atoms with Crippen LogP contribution in [-0.2, 0) is 24.7 Å². The van der Waals surface area contributed by atoms with Crippen LogP contribution in [0.25, 0.3) is 5.69 Å². The zero-order valence-corrected chi connectivity index (χ0v) is 20.1. The second kappa shape index (κ2) is 7.19. The van der Waals surface area contributed by atoms with E-state index in [0.717, 1.165) is 55.4 Å². The Hall–Kier alpha value is -2.63. The molecule has 3 atom stereocenters. The van der Waals surface area contributed by atoms with E-state index in [-0.39, 0.29) is 11.5 Å². The maximum atomic E-state index is 12.8. The van der Waals surface area contributed by atoms with Crippen molar-refractivity contribution in [2.75, 3.05) is 20.2 Å². The highest BCUT2D eigenvalue weighted by molar-refractivity contribution is 5.53. The number of fused-ring (bicyclic) bond motifs is 2. The van der Waals surface area contributed by atoms with Crippen molar-refractivity contribution >= 4 is 0 Å². The molecule has 0 spiro atoms. The lowest BCUT2D eigenvalue weighted by atomic mass is 9.49. The summed E-state index contributed by atoms with van der Waals surface area (Å²) in [6.45, 7) is 4.29. The van der Waals surface area contributed by atoms with E-state index in [0.29, 0.717) is 6.42 Å². The number of benzene rings is 2. The number of aryl methyl sites for hydroxylation is 1. The Morgan fingerprint density at radius 2 is 1.94 bits per heavy atom. The quantitative estimate of drug-likeness (QED) is 0.646. The van der Waals surface area contributed by atoms with Gasteiger partial charge in [0.2, 0.25) is 0 Å². The monoisotopic (exact) mass is 455 g/mol. The summed E-state index contributed by atoms with van der Waals surface area (Å²) >= 11 is 0. The summed E-state index contributed by atoms with van der Waals surface area (Å²) < 4.78 is 7.80. The van der Waals surface area contributed by atoms with Gasteiger partial charge in [-0.1, -0.05) is 24.3 Å². The zero-order valence-electron chi connectivity index (χ0n) is 20.1. The molecule has 5 heteroatoms. The Balaban J connectivity index is 1.43. The van der Waals surface area contributed by atoms with Gasteiger partial charge in [-0.05, 0) is 86.0 Å². The van der Waals surface area contributed by atoms with Crippen LogP contribution in [-0.4, -0.2) is 51.6 Å². The van der Waals surface area contributed by atoms with E-state index in [2.05, 4.69) is 59.0 Å². The molecule has 34 heavy (non-hydrogen) atoms. The second-order valence-corrected chi connectivity index (χ2v) is 11.0. The van der Waals surface area contributed by atoms with Crippen molar-refractivity contribution in [2.45, 2.75) is 62.5 Å². The molecule has 0 radical (unpaired) electrons. The predicted molar refractivity (Wildman–Crippen MR) is 132 cm³/mol. The van der Waals surface area contributed by atoms with Gasteiger partial charge in [-0.2, -0.15) is 5.10 Å². The number of likely N-dealkylation sites (tertiary alicyclic amines) is 1. The normalized spacial score (nSPS) is 29.8. The Kier molecular flexibility index (Phi) is 4.38. The molecule has 3 aliphatic carbocycles. The predicted octanol–water partition coefficient (Wildman–Crippen LogP) is 4.00. The fraction of sp³-hybridized carbons (Fsp3) is 0.483. The first kappa shape index (κ1) is 20.7. The molecular formula is C29H33N3O2. The maximum absolute atomic E-state index is 12.8. The number of hydrogen-bond acceptors (Lipinski definition) is 4. The fourth-order valence-electron chi connectivity index (χ4n) is 7.34. The number of piperidine rings is 1. The highest BCUT2D eigenvalue weighted by Gasteiger charge is 2.65. The van der Waals surface area contributed by atoms with Gasteiger partial charge in [0.05, 0.1) is 24.1 Å². The SMILES string of the molecule is COc1ccc2c(c1)[C@]13CCN(CC4CC4)[C@H](C2)[C@]1(O)Cc1c(C)nn(-c2ccccc2)c1C3. The summed E-state index contributed by atoms with van der Waals surface area (Å²) in [4.78, 5) is 2.63. The number of hydrogen-bond donors (Lipinski definition) is 1. The zero-order chi connectivity index (χ0) is 23.1. The van der Waals surface area contributed by atoms with Crippen molar-refractivity contribution in [1.82, 2.24) is 14.7 Å². The first-order valence-corrected chi connectivity index (χ1v) is 12.8. The van der Waals surface area contributed by atoms with Crippen molar-refractivity contribution < 1.29 is 9.84 Å². The molecule has 1 saturated heterocycles. The Labute approximate surface area is 201 Å². The van der Waals surface area contributed by atoms with Crippen molar-refractivity contribution in [3.63, 3.8) is 0 Å². The van der Waals surface area contributed by atoms with Crippen LogP contribution in [0.2, 0.25) is 0 Å². The topological polar surface area (TPSA) is 50.5 Å².